The maximum Gasteiger partial charge on any atom is 0.144 e. The molecule has 0 saturated carbocycles. The van der Waals surface area contributed by atoms with Crippen molar-refractivity contribution < 1.29 is 0 Å². The predicted molar refractivity (Wildman–Crippen MR) is 53.3 cm³/mol. The molecule has 0 aliphatic rings. The smallest absolute Gasteiger partial charge is 0.144 e. The highest BCUT2D eigenvalue weighted by molar-refractivity contribution is 5.35. The maximum atomic E-state index is 5.43. The molecule has 0 amide bonds. The molecule has 0 unspecified atom stereocenters. The highest BCUT2D eigenvalue weighted by Crippen LogP contribution is 2.10. The Morgan fingerprint density at radius 1 is 1.46 bits per heavy atom. The molecule has 1 heterocycles. The summed E-state index contributed by atoms with van der Waals surface area (Å²) < 4.78 is 0. The summed E-state index contributed by atoms with van der Waals surface area (Å²) in [6.45, 7) is 6.62. The van der Waals surface area contributed by atoms with Gasteiger partial charge in [0.1, 0.15) is 11.6 Å². The molecule has 13 heavy (non-hydrogen) atoms. The van der Waals surface area contributed by atoms with E-state index in [1.165, 1.54) is 0 Å². The second-order valence-corrected chi connectivity index (χ2v) is 3.94. The fourth-order valence-corrected chi connectivity index (χ4v) is 0.951. The van der Waals surface area contributed by atoms with Crippen LogP contribution in [-0.2, 0) is 6.54 Å². The van der Waals surface area contributed by atoms with E-state index < -0.39 is 0 Å². The van der Waals surface area contributed by atoms with Crippen LogP contribution in [0.15, 0.2) is 12.3 Å². The Balaban J connectivity index is 2.78. The van der Waals surface area contributed by atoms with E-state index in [0.29, 0.717) is 12.4 Å². The van der Waals surface area contributed by atoms with Crippen molar-refractivity contribution in [1.29, 1.82) is 0 Å². The summed E-state index contributed by atoms with van der Waals surface area (Å²) in [6, 6.07) is 1.84. The average Bonchev–Trinajstić information content (AvgIpc) is 2.01. The number of anilines is 1. The molecule has 1 rings (SSSR count). The lowest BCUT2D eigenvalue weighted by Crippen LogP contribution is -2.27. The molecule has 0 atom stereocenters. The molecule has 3 N–H and O–H groups in total. The minimum atomic E-state index is 0.0141. The molecule has 0 aliphatic carbocycles. The van der Waals surface area contributed by atoms with Gasteiger partial charge in [-0.25, -0.2) is 9.97 Å². The third-order valence-electron chi connectivity index (χ3n) is 1.39. The molecule has 0 aliphatic heterocycles. The van der Waals surface area contributed by atoms with Crippen molar-refractivity contribution in [3.8, 4) is 0 Å². The van der Waals surface area contributed by atoms with E-state index in [1.807, 2.05) is 6.07 Å². The van der Waals surface area contributed by atoms with Gasteiger partial charge >= 0.3 is 0 Å². The molecule has 0 radical (unpaired) electrons. The molecule has 4 nitrogen and oxygen atoms in total. The maximum absolute atomic E-state index is 5.43. The number of nitrogens with one attached hydrogen (secondary N) is 1. The van der Waals surface area contributed by atoms with Gasteiger partial charge in [0.05, 0.1) is 6.54 Å². The minimum Gasteiger partial charge on any atom is -0.365 e. The molecule has 0 aromatic carbocycles. The number of hydrogen-bond donors (Lipinski definition) is 2. The summed E-state index contributed by atoms with van der Waals surface area (Å²) in [7, 11) is 0. The Morgan fingerprint density at radius 2 is 2.15 bits per heavy atom. The number of nitrogens with two attached hydrogens (primary N) is 1. The zero-order valence-corrected chi connectivity index (χ0v) is 8.33. The monoisotopic (exact) mass is 180 g/mol. The first-order valence-corrected chi connectivity index (χ1v) is 4.31. The fourth-order valence-electron chi connectivity index (χ4n) is 0.951. The molecule has 0 spiro atoms. The Kier molecular flexibility index (Phi) is 2.83. The van der Waals surface area contributed by atoms with Crippen LogP contribution >= 0.6 is 0 Å². The van der Waals surface area contributed by atoms with E-state index in [1.54, 1.807) is 6.20 Å². The largest absolute Gasteiger partial charge is 0.365 e. The van der Waals surface area contributed by atoms with Crippen LogP contribution < -0.4 is 11.1 Å². The normalized spacial score (nSPS) is 11.4. The Bertz CT molecular complexity index is 277. The summed E-state index contributed by atoms with van der Waals surface area (Å²) in [5, 5.41) is 3.25. The second kappa shape index (κ2) is 3.70. The average molecular weight is 180 g/mol. The van der Waals surface area contributed by atoms with Gasteiger partial charge < -0.3 is 11.1 Å². The third-order valence-corrected chi connectivity index (χ3v) is 1.39. The number of nitrogens with zero attached hydrogens (tertiary/aromatic N) is 2. The van der Waals surface area contributed by atoms with Crippen molar-refractivity contribution in [2.45, 2.75) is 32.9 Å². The van der Waals surface area contributed by atoms with Gasteiger partial charge in [-0.05, 0) is 26.8 Å². The summed E-state index contributed by atoms with van der Waals surface area (Å²) >= 11 is 0. The van der Waals surface area contributed by atoms with Gasteiger partial charge in [-0.15, -0.1) is 0 Å². The summed E-state index contributed by atoms with van der Waals surface area (Å²) in [5.74, 6) is 1.48. The van der Waals surface area contributed by atoms with Gasteiger partial charge in [0, 0.05) is 11.7 Å². The van der Waals surface area contributed by atoms with Gasteiger partial charge in [0.15, 0.2) is 0 Å². The van der Waals surface area contributed by atoms with Crippen molar-refractivity contribution in [3.05, 3.63) is 18.1 Å². The van der Waals surface area contributed by atoms with Crippen LogP contribution in [0.2, 0.25) is 0 Å². The van der Waals surface area contributed by atoms with E-state index in [4.69, 9.17) is 5.73 Å². The first kappa shape index (κ1) is 9.92. The van der Waals surface area contributed by atoms with E-state index in [0.717, 1.165) is 5.82 Å². The van der Waals surface area contributed by atoms with Crippen LogP contribution in [-0.4, -0.2) is 15.5 Å². The quantitative estimate of drug-likeness (QED) is 0.716. The van der Waals surface area contributed by atoms with Gasteiger partial charge in [-0.2, -0.15) is 0 Å². The van der Waals surface area contributed by atoms with Gasteiger partial charge in [0.25, 0.3) is 0 Å². The van der Waals surface area contributed by atoms with Crippen molar-refractivity contribution in [2.75, 3.05) is 5.32 Å². The van der Waals surface area contributed by atoms with Crippen LogP contribution in [0.4, 0.5) is 5.82 Å². The Morgan fingerprint density at radius 3 is 2.69 bits per heavy atom. The topological polar surface area (TPSA) is 63.8 Å². The molecular formula is C9H16N4. The van der Waals surface area contributed by atoms with Crippen LogP contribution in [0.3, 0.4) is 0 Å². The zero-order valence-electron chi connectivity index (χ0n) is 8.33. The van der Waals surface area contributed by atoms with E-state index in [-0.39, 0.29) is 5.54 Å². The molecule has 0 fully saturated rings. The second-order valence-electron chi connectivity index (χ2n) is 3.94. The fraction of sp³-hybridized carbons (Fsp3) is 0.556. The Hall–Kier alpha value is -1.16. The highest BCUT2D eigenvalue weighted by Gasteiger charge is 2.09. The van der Waals surface area contributed by atoms with Crippen molar-refractivity contribution in [2.24, 2.45) is 5.73 Å². The molecular weight excluding hydrogens is 164 g/mol. The highest BCUT2D eigenvalue weighted by atomic mass is 15.1. The van der Waals surface area contributed by atoms with E-state index >= 15 is 0 Å². The number of rotatable bonds is 2. The van der Waals surface area contributed by atoms with Crippen LogP contribution in [0.25, 0.3) is 0 Å². The lowest BCUT2D eigenvalue weighted by atomic mass is 10.1. The van der Waals surface area contributed by atoms with Gasteiger partial charge in [-0.1, -0.05) is 0 Å². The van der Waals surface area contributed by atoms with E-state index in [2.05, 4.69) is 36.1 Å². The van der Waals surface area contributed by atoms with Crippen LogP contribution in [0.5, 0.6) is 0 Å². The lowest BCUT2D eigenvalue weighted by Gasteiger charge is -2.21. The molecule has 72 valence electrons. The summed E-state index contributed by atoms with van der Waals surface area (Å²) in [4.78, 5) is 8.24. The summed E-state index contributed by atoms with van der Waals surface area (Å²) in [6.07, 6.45) is 1.71. The zero-order chi connectivity index (χ0) is 9.90. The minimum absolute atomic E-state index is 0.0141. The van der Waals surface area contributed by atoms with Gasteiger partial charge in [-0.3, -0.25) is 0 Å². The molecule has 0 bridgehead atoms. The van der Waals surface area contributed by atoms with Gasteiger partial charge in [0.2, 0.25) is 0 Å². The van der Waals surface area contributed by atoms with Crippen molar-refractivity contribution >= 4 is 5.82 Å². The Labute approximate surface area is 78.6 Å². The van der Waals surface area contributed by atoms with Crippen LogP contribution in [0.1, 0.15) is 26.6 Å². The third kappa shape index (κ3) is 3.38. The first-order chi connectivity index (χ1) is 6.01. The van der Waals surface area contributed by atoms with E-state index in [9.17, 15) is 0 Å². The standard InChI is InChI=1S/C9H16N4/c1-9(2,3)13-7-4-5-11-8(6-10)12-7/h4-5H,6,10H2,1-3H3,(H,11,12,13). The SMILES string of the molecule is CC(C)(C)Nc1ccnc(CN)n1. The molecule has 4 heteroatoms. The van der Waals surface area contributed by atoms with Crippen molar-refractivity contribution in [3.63, 3.8) is 0 Å². The predicted octanol–water partition coefficient (Wildman–Crippen LogP) is 1.15. The van der Waals surface area contributed by atoms with Crippen molar-refractivity contribution in [1.82, 2.24) is 9.97 Å². The van der Waals surface area contributed by atoms with Crippen LogP contribution in [0, 0.1) is 0 Å². The number of aromatic nitrogens is 2. The lowest BCUT2D eigenvalue weighted by molar-refractivity contribution is 0.629. The molecule has 0 saturated heterocycles. The molecule has 1 aromatic rings. The molecule has 1 aromatic heterocycles. The first-order valence-electron chi connectivity index (χ1n) is 4.31. The summed E-state index contributed by atoms with van der Waals surface area (Å²) in [5.41, 5.74) is 5.44. The number of hydrogen-bond acceptors (Lipinski definition) is 4.